The van der Waals surface area contributed by atoms with Crippen molar-refractivity contribution in [1.29, 1.82) is 0 Å². The molecule has 0 N–H and O–H groups in total. The largest absolute Gasteiger partial charge is 0.337 e. The highest BCUT2D eigenvalue weighted by Gasteiger charge is 2.35. The molecular formula is C17H26N2O2. The molecule has 0 unspecified atom stereocenters. The Kier molecular flexibility index (Phi) is 4.43. The van der Waals surface area contributed by atoms with Gasteiger partial charge < -0.3 is 9.80 Å². The molecule has 0 aromatic carbocycles. The second-order valence-electron chi connectivity index (χ2n) is 6.90. The number of allylic oxidation sites excluding steroid dienone is 1. The molecule has 2 atom stereocenters. The lowest BCUT2D eigenvalue weighted by molar-refractivity contribution is -0.129. The zero-order valence-electron chi connectivity index (χ0n) is 13.0. The maximum atomic E-state index is 12.4. The third-order valence-corrected chi connectivity index (χ3v) is 5.44. The molecule has 2 saturated carbocycles. The van der Waals surface area contributed by atoms with Gasteiger partial charge in [-0.25, -0.2) is 0 Å². The Balaban J connectivity index is 1.61. The summed E-state index contributed by atoms with van der Waals surface area (Å²) in [6, 6.07) is 0. The lowest BCUT2D eigenvalue weighted by Gasteiger charge is -2.36. The number of hydrogen-bond acceptors (Lipinski definition) is 3. The number of ketones is 1. The van der Waals surface area contributed by atoms with Gasteiger partial charge in [0.05, 0.1) is 0 Å². The van der Waals surface area contributed by atoms with Crippen LogP contribution >= 0.6 is 0 Å². The molecule has 4 nitrogen and oxygen atoms in total. The van der Waals surface area contributed by atoms with Crippen LogP contribution in [0.25, 0.3) is 0 Å². The number of piperazine rings is 1. The Bertz CT molecular complexity index is 450. The summed E-state index contributed by atoms with van der Waals surface area (Å²) in [6.07, 6.45) is 7.80. The Morgan fingerprint density at radius 2 is 1.90 bits per heavy atom. The Morgan fingerprint density at radius 1 is 1.14 bits per heavy atom. The minimum Gasteiger partial charge on any atom is -0.337 e. The standard InChI is InChI=1S/C17H26N2O2/c1-18-7-9-19(10-8-18)17(21)12-13-5-6-14-3-2-4-16(20)15(14)11-13/h12,14-15H,2-11H2,1H3/b13-12-/t14-,15-/m0/s1. The van der Waals surface area contributed by atoms with E-state index in [-0.39, 0.29) is 11.8 Å². The van der Waals surface area contributed by atoms with Crippen molar-refractivity contribution < 1.29 is 9.59 Å². The lowest BCUT2D eigenvalue weighted by Crippen LogP contribution is -2.46. The summed E-state index contributed by atoms with van der Waals surface area (Å²) >= 11 is 0. The van der Waals surface area contributed by atoms with Gasteiger partial charge in [-0.2, -0.15) is 0 Å². The van der Waals surface area contributed by atoms with E-state index in [2.05, 4.69) is 11.9 Å². The first kappa shape index (κ1) is 14.8. The molecule has 3 fully saturated rings. The van der Waals surface area contributed by atoms with E-state index in [1.54, 1.807) is 0 Å². The topological polar surface area (TPSA) is 40.6 Å². The highest BCUT2D eigenvalue weighted by Crippen LogP contribution is 2.40. The second kappa shape index (κ2) is 6.30. The van der Waals surface area contributed by atoms with Crippen LogP contribution in [-0.4, -0.2) is 54.7 Å². The summed E-state index contributed by atoms with van der Waals surface area (Å²) in [6.45, 7) is 3.56. The zero-order valence-corrected chi connectivity index (χ0v) is 13.0. The van der Waals surface area contributed by atoms with Crippen LogP contribution < -0.4 is 0 Å². The monoisotopic (exact) mass is 290 g/mol. The van der Waals surface area contributed by atoms with E-state index in [1.165, 1.54) is 12.0 Å². The molecule has 3 rings (SSSR count). The number of hydrogen-bond donors (Lipinski definition) is 0. The molecule has 0 radical (unpaired) electrons. The van der Waals surface area contributed by atoms with Gasteiger partial charge in [-0.1, -0.05) is 5.57 Å². The van der Waals surface area contributed by atoms with Gasteiger partial charge >= 0.3 is 0 Å². The number of nitrogens with zero attached hydrogens (tertiary/aromatic N) is 2. The van der Waals surface area contributed by atoms with Crippen molar-refractivity contribution in [3.8, 4) is 0 Å². The van der Waals surface area contributed by atoms with Crippen LogP contribution in [0.5, 0.6) is 0 Å². The summed E-state index contributed by atoms with van der Waals surface area (Å²) in [4.78, 5) is 28.6. The predicted octanol–water partition coefficient (Wildman–Crippen LogP) is 1.86. The first-order valence-corrected chi connectivity index (χ1v) is 8.33. The minimum absolute atomic E-state index is 0.153. The Morgan fingerprint density at radius 3 is 2.67 bits per heavy atom. The molecule has 4 heteroatoms. The average molecular weight is 290 g/mol. The summed E-state index contributed by atoms with van der Waals surface area (Å²) in [7, 11) is 2.09. The van der Waals surface area contributed by atoms with Crippen LogP contribution in [0.4, 0.5) is 0 Å². The number of carbonyl (C=O) groups excluding carboxylic acids is 2. The molecule has 3 aliphatic rings. The second-order valence-corrected chi connectivity index (χ2v) is 6.90. The highest BCUT2D eigenvalue weighted by molar-refractivity contribution is 5.89. The molecule has 116 valence electrons. The van der Waals surface area contributed by atoms with Crippen LogP contribution in [0.15, 0.2) is 11.6 Å². The summed E-state index contributed by atoms with van der Waals surface area (Å²) in [5, 5.41) is 0. The fourth-order valence-electron chi connectivity index (χ4n) is 3.99. The molecule has 1 heterocycles. The molecule has 0 bridgehead atoms. The number of likely N-dealkylation sites (N-methyl/N-ethyl adjacent to an activating group) is 1. The molecule has 0 aromatic rings. The number of fused-ring (bicyclic) bond motifs is 1. The fourth-order valence-corrected chi connectivity index (χ4v) is 3.99. The molecule has 1 aliphatic heterocycles. The number of amides is 1. The first-order chi connectivity index (χ1) is 10.1. The van der Waals surface area contributed by atoms with E-state index in [0.717, 1.165) is 58.3 Å². The van der Waals surface area contributed by atoms with Crippen LogP contribution in [-0.2, 0) is 9.59 Å². The third kappa shape index (κ3) is 3.37. The van der Waals surface area contributed by atoms with E-state index in [4.69, 9.17) is 0 Å². The van der Waals surface area contributed by atoms with Crippen molar-refractivity contribution in [2.75, 3.05) is 33.2 Å². The van der Waals surface area contributed by atoms with E-state index in [9.17, 15) is 9.59 Å². The van der Waals surface area contributed by atoms with E-state index in [1.807, 2.05) is 11.0 Å². The van der Waals surface area contributed by atoms with Gasteiger partial charge in [-0.3, -0.25) is 9.59 Å². The SMILES string of the molecule is CN1CCN(C(=O)/C=C2/CC[C@@H]3CCCC(=O)[C@H]3C2)CC1. The normalized spacial score (nSPS) is 33.1. The molecule has 1 amide bonds. The average Bonchev–Trinajstić information content (AvgIpc) is 2.49. The molecular weight excluding hydrogens is 264 g/mol. The highest BCUT2D eigenvalue weighted by atomic mass is 16.2. The summed E-state index contributed by atoms with van der Waals surface area (Å²) in [5.74, 6) is 1.38. The first-order valence-electron chi connectivity index (χ1n) is 8.33. The maximum Gasteiger partial charge on any atom is 0.246 e. The van der Waals surface area contributed by atoms with Gasteiger partial charge in [-0.15, -0.1) is 0 Å². The van der Waals surface area contributed by atoms with Crippen molar-refractivity contribution in [3.05, 3.63) is 11.6 Å². The minimum atomic E-state index is 0.153. The quantitative estimate of drug-likeness (QED) is 0.692. The van der Waals surface area contributed by atoms with Crippen LogP contribution in [0.1, 0.15) is 38.5 Å². The molecule has 0 spiro atoms. The van der Waals surface area contributed by atoms with Gasteiger partial charge in [0.15, 0.2) is 0 Å². The fraction of sp³-hybridized carbons (Fsp3) is 0.765. The smallest absolute Gasteiger partial charge is 0.246 e. The summed E-state index contributed by atoms with van der Waals surface area (Å²) in [5.41, 5.74) is 1.20. The maximum absolute atomic E-state index is 12.4. The van der Waals surface area contributed by atoms with Crippen molar-refractivity contribution in [2.24, 2.45) is 11.8 Å². The van der Waals surface area contributed by atoms with Crippen molar-refractivity contribution in [3.63, 3.8) is 0 Å². The Labute approximate surface area is 127 Å². The molecule has 1 saturated heterocycles. The van der Waals surface area contributed by atoms with Gasteiger partial charge in [0.1, 0.15) is 5.78 Å². The molecule has 21 heavy (non-hydrogen) atoms. The zero-order chi connectivity index (χ0) is 14.8. The van der Waals surface area contributed by atoms with Gasteiger partial charge in [0.25, 0.3) is 0 Å². The number of rotatable bonds is 1. The van der Waals surface area contributed by atoms with E-state index < -0.39 is 0 Å². The van der Waals surface area contributed by atoms with E-state index >= 15 is 0 Å². The van der Waals surface area contributed by atoms with Crippen LogP contribution in [0, 0.1) is 11.8 Å². The van der Waals surface area contributed by atoms with E-state index in [0.29, 0.717) is 11.7 Å². The molecule has 0 aromatic heterocycles. The van der Waals surface area contributed by atoms with Gasteiger partial charge in [0, 0.05) is 44.6 Å². The number of carbonyl (C=O) groups is 2. The van der Waals surface area contributed by atoms with Crippen molar-refractivity contribution in [2.45, 2.75) is 38.5 Å². The van der Waals surface area contributed by atoms with Crippen LogP contribution in [0.3, 0.4) is 0 Å². The van der Waals surface area contributed by atoms with Gasteiger partial charge in [0.2, 0.25) is 5.91 Å². The predicted molar refractivity (Wildman–Crippen MR) is 81.8 cm³/mol. The molecule has 2 aliphatic carbocycles. The van der Waals surface area contributed by atoms with Crippen LogP contribution in [0.2, 0.25) is 0 Å². The third-order valence-electron chi connectivity index (χ3n) is 5.44. The number of Topliss-reactive ketones (excluding diaryl/α,β-unsaturated/α-hetero) is 1. The van der Waals surface area contributed by atoms with Crippen molar-refractivity contribution >= 4 is 11.7 Å². The van der Waals surface area contributed by atoms with Crippen molar-refractivity contribution in [1.82, 2.24) is 9.80 Å². The Hall–Kier alpha value is -1.16. The summed E-state index contributed by atoms with van der Waals surface area (Å²) < 4.78 is 0. The lowest BCUT2D eigenvalue weighted by atomic mass is 9.69. The van der Waals surface area contributed by atoms with Gasteiger partial charge in [-0.05, 0) is 45.1 Å².